The zero-order chi connectivity index (χ0) is 17.2. The number of likely N-dealkylation sites (tertiary alicyclic amines) is 1. The van der Waals surface area contributed by atoms with E-state index in [4.69, 9.17) is 4.74 Å². The number of aromatic amines is 1. The summed E-state index contributed by atoms with van der Waals surface area (Å²) in [7, 11) is 0. The van der Waals surface area contributed by atoms with Crippen LogP contribution in [-0.2, 0) is 20.7 Å². The van der Waals surface area contributed by atoms with E-state index in [0.717, 1.165) is 22.9 Å². The molecule has 1 aromatic heterocycles. The highest BCUT2D eigenvalue weighted by Crippen LogP contribution is 2.51. The van der Waals surface area contributed by atoms with Gasteiger partial charge in [0, 0.05) is 23.6 Å². The highest BCUT2D eigenvalue weighted by Gasteiger charge is 2.66. The van der Waals surface area contributed by atoms with Crippen LogP contribution in [-0.4, -0.2) is 51.7 Å². The standard InChI is InChI=1S/C19H18N2O4/c22-17-16-15(18(23)24)14-5-7-19(16,25-14)10-21(17)8-6-11-9-20-13-4-2-1-3-12(11)13/h1-5,7,9,14-16,20H,6,8,10H2,(H,23,24)/t14-,15+,16+,19+/m0/s1. The summed E-state index contributed by atoms with van der Waals surface area (Å²) < 4.78 is 5.91. The second kappa shape index (κ2) is 4.95. The fourth-order valence-electron chi connectivity index (χ4n) is 4.64. The number of carbonyl (C=O) groups is 2. The van der Waals surface area contributed by atoms with Crippen molar-refractivity contribution in [3.63, 3.8) is 0 Å². The Labute approximate surface area is 144 Å². The summed E-state index contributed by atoms with van der Waals surface area (Å²) in [6, 6.07) is 8.07. The number of aliphatic carboxylic acids is 1. The number of hydrogen-bond acceptors (Lipinski definition) is 3. The SMILES string of the molecule is O=C(O)[C@@H]1[C@@H]2C=C[C@]3(CN(CCc4c[nH]c5ccccc45)C(=O)[C@@H]13)O2. The minimum Gasteiger partial charge on any atom is -0.481 e. The predicted molar refractivity (Wildman–Crippen MR) is 89.9 cm³/mol. The van der Waals surface area contributed by atoms with Crippen molar-refractivity contribution in [2.24, 2.45) is 11.8 Å². The molecule has 3 aliphatic heterocycles. The molecule has 5 rings (SSSR count). The number of nitrogens with zero attached hydrogens (tertiary/aromatic N) is 1. The van der Waals surface area contributed by atoms with Crippen LogP contribution in [0.2, 0.25) is 0 Å². The quantitative estimate of drug-likeness (QED) is 0.829. The molecule has 0 aliphatic carbocycles. The molecule has 2 aromatic rings. The number of rotatable bonds is 4. The Kier molecular flexibility index (Phi) is 2.92. The van der Waals surface area contributed by atoms with Crippen molar-refractivity contribution in [3.05, 3.63) is 48.2 Å². The Hall–Kier alpha value is -2.60. The third-order valence-electron chi connectivity index (χ3n) is 5.79. The van der Waals surface area contributed by atoms with Gasteiger partial charge in [0.05, 0.1) is 18.6 Å². The molecule has 128 valence electrons. The molecule has 0 saturated carbocycles. The summed E-state index contributed by atoms with van der Waals surface area (Å²) >= 11 is 0. The van der Waals surface area contributed by atoms with Crippen molar-refractivity contribution in [3.8, 4) is 0 Å². The van der Waals surface area contributed by atoms with Gasteiger partial charge in [-0.15, -0.1) is 0 Å². The third kappa shape index (κ3) is 1.94. The molecule has 6 heteroatoms. The highest BCUT2D eigenvalue weighted by atomic mass is 16.5. The number of ether oxygens (including phenoxy) is 1. The predicted octanol–water partition coefficient (Wildman–Crippen LogP) is 1.58. The van der Waals surface area contributed by atoms with Gasteiger partial charge in [-0.2, -0.15) is 0 Å². The zero-order valence-electron chi connectivity index (χ0n) is 13.5. The van der Waals surface area contributed by atoms with E-state index in [-0.39, 0.29) is 5.91 Å². The van der Waals surface area contributed by atoms with Gasteiger partial charge in [0.25, 0.3) is 0 Å². The average Bonchev–Trinajstić information content (AvgIpc) is 3.33. The highest BCUT2D eigenvalue weighted by molar-refractivity contribution is 5.91. The maximum Gasteiger partial charge on any atom is 0.310 e. The van der Waals surface area contributed by atoms with Crippen molar-refractivity contribution in [1.29, 1.82) is 0 Å². The zero-order valence-corrected chi connectivity index (χ0v) is 13.5. The van der Waals surface area contributed by atoms with Crippen molar-refractivity contribution >= 4 is 22.8 Å². The number of carbonyl (C=O) groups excluding carboxylic acids is 1. The molecule has 1 spiro atoms. The van der Waals surface area contributed by atoms with E-state index in [1.165, 1.54) is 0 Å². The molecule has 2 N–H and O–H groups in total. The van der Waals surface area contributed by atoms with Crippen molar-refractivity contribution < 1.29 is 19.4 Å². The van der Waals surface area contributed by atoms with Gasteiger partial charge in [-0.1, -0.05) is 30.4 Å². The van der Waals surface area contributed by atoms with E-state index in [0.29, 0.717) is 13.1 Å². The van der Waals surface area contributed by atoms with E-state index >= 15 is 0 Å². The van der Waals surface area contributed by atoms with Crippen molar-refractivity contribution in [2.45, 2.75) is 18.1 Å². The first-order valence-electron chi connectivity index (χ1n) is 8.53. The van der Waals surface area contributed by atoms with E-state index in [1.807, 2.05) is 30.5 Å². The van der Waals surface area contributed by atoms with Crippen LogP contribution in [0, 0.1) is 11.8 Å². The van der Waals surface area contributed by atoms with Gasteiger partial charge in [0.15, 0.2) is 0 Å². The molecule has 0 unspecified atom stereocenters. The Morgan fingerprint density at radius 1 is 1.40 bits per heavy atom. The number of carboxylic acid groups (broad SMARTS) is 1. The number of fused-ring (bicyclic) bond motifs is 2. The van der Waals surface area contributed by atoms with Gasteiger partial charge >= 0.3 is 5.97 Å². The van der Waals surface area contributed by atoms with Gasteiger partial charge < -0.3 is 19.7 Å². The fraction of sp³-hybridized carbons (Fsp3) is 0.368. The van der Waals surface area contributed by atoms with Gasteiger partial charge in [0.2, 0.25) is 5.91 Å². The van der Waals surface area contributed by atoms with Crippen LogP contribution in [0.5, 0.6) is 0 Å². The lowest BCUT2D eigenvalue weighted by molar-refractivity contribution is -0.148. The first-order chi connectivity index (χ1) is 12.1. The van der Waals surface area contributed by atoms with E-state index in [1.54, 1.807) is 11.0 Å². The number of amides is 1. The second-order valence-corrected chi connectivity index (χ2v) is 7.11. The maximum atomic E-state index is 12.9. The number of benzene rings is 1. The summed E-state index contributed by atoms with van der Waals surface area (Å²) in [4.78, 5) is 29.4. The molecule has 25 heavy (non-hydrogen) atoms. The Bertz CT molecular complexity index is 917. The molecular formula is C19H18N2O4. The Balaban J connectivity index is 1.37. The van der Waals surface area contributed by atoms with Gasteiger partial charge in [0.1, 0.15) is 11.5 Å². The maximum absolute atomic E-state index is 12.9. The number of aromatic nitrogens is 1. The Morgan fingerprint density at radius 3 is 3.08 bits per heavy atom. The number of carboxylic acids is 1. The first kappa shape index (κ1) is 14.7. The van der Waals surface area contributed by atoms with E-state index in [9.17, 15) is 14.7 Å². The molecule has 2 fully saturated rings. The molecule has 6 nitrogen and oxygen atoms in total. The lowest BCUT2D eigenvalue weighted by Crippen LogP contribution is -2.39. The van der Waals surface area contributed by atoms with Gasteiger partial charge in [-0.3, -0.25) is 9.59 Å². The summed E-state index contributed by atoms with van der Waals surface area (Å²) in [5.74, 6) is -2.41. The molecule has 2 saturated heterocycles. The summed E-state index contributed by atoms with van der Waals surface area (Å²) in [5, 5.41) is 10.7. The number of nitrogens with one attached hydrogen (secondary N) is 1. The average molecular weight is 338 g/mol. The van der Waals surface area contributed by atoms with Gasteiger partial charge in [-0.05, 0) is 18.1 Å². The van der Waals surface area contributed by atoms with Crippen LogP contribution in [0.4, 0.5) is 0 Å². The summed E-state index contributed by atoms with van der Waals surface area (Å²) in [6.45, 7) is 1.00. The first-order valence-corrected chi connectivity index (χ1v) is 8.53. The Morgan fingerprint density at radius 2 is 2.24 bits per heavy atom. The molecule has 2 bridgehead atoms. The van der Waals surface area contributed by atoms with Crippen molar-refractivity contribution in [1.82, 2.24) is 9.88 Å². The van der Waals surface area contributed by atoms with Gasteiger partial charge in [-0.25, -0.2) is 0 Å². The molecule has 1 aromatic carbocycles. The van der Waals surface area contributed by atoms with Crippen LogP contribution in [0.1, 0.15) is 5.56 Å². The lowest BCUT2D eigenvalue weighted by Gasteiger charge is -2.21. The minimum absolute atomic E-state index is 0.0981. The van der Waals surface area contributed by atoms with Crippen molar-refractivity contribution in [2.75, 3.05) is 13.1 Å². The molecule has 3 aliphatic rings. The smallest absolute Gasteiger partial charge is 0.310 e. The van der Waals surface area contributed by atoms with Crippen LogP contribution in [0.15, 0.2) is 42.6 Å². The number of H-pyrrole nitrogens is 1. The molecule has 0 radical (unpaired) electrons. The number of para-hydroxylation sites is 1. The largest absolute Gasteiger partial charge is 0.481 e. The third-order valence-corrected chi connectivity index (χ3v) is 5.79. The van der Waals surface area contributed by atoms with E-state index in [2.05, 4.69) is 11.1 Å². The molecule has 4 heterocycles. The molecule has 1 amide bonds. The van der Waals surface area contributed by atoms with Crippen LogP contribution >= 0.6 is 0 Å². The summed E-state index contributed by atoms with van der Waals surface area (Å²) in [5.41, 5.74) is 1.50. The normalized spacial score (nSPS) is 32.7. The topological polar surface area (TPSA) is 82.6 Å². The fourth-order valence-corrected chi connectivity index (χ4v) is 4.64. The minimum atomic E-state index is -0.951. The van der Waals surface area contributed by atoms with Crippen LogP contribution < -0.4 is 0 Å². The van der Waals surface area contributed by atoms with Crippen LogP contribution in [0.25, 0.3) is 10.9 Å². The molecular weight excluding hydrogens is 320 g/mol. The molecule has 4 atom stereocenters. The second-order valence-electron chi connectivity index (χ2n) is 7.11. The monoisotopic (exact) mass is 338 g/mol. The number of hydrogen-bond donors (Lipinski definition) is 2. The lowest BCUT2D eigenvalue weighted by atomic mass is 9.77. The summed E-state index contributed by atoms with van der Waals surface area (Å²) in [6.07, 6.45) is 5.93. The van der Waals surface area contributed by atoms with E-state index < -0.39 is 29.5 Å². The van der Waals surface area contributed by atoms with Crippen LogP contribution in [0.3, 0.4) is 0 Å².